The molecule has 8 nitrogen and oxygen atoms in total. The molecule has 32 heavy (non-hydrogen) atoms. The summed E-state index contributed by atoms with van der Waals surface area (Å²) in [5.74, 6) is -0.866. The fourth-order valence-corrected chi connectivity index (χ4v) is 3.99. The summed E-state index contributed by atoms with van der Waals surface area (Å²) in [4.78, 5) is 38.1. The van der Waals surface area contributed by atoms with Gasteiger partial charge in [-0.15, -0.1) is 0 Å². The fourth-order valence-electron chi connectivity index (χ4n) is 3.16. The molecule has 3 rings (SSSR count). The van der Waals surface area contributed by atoms with Gasteiger partial charge in [0.1, 0.15) is 5.75 Å². The number of thioether (sulfide) groups is 1. The Morgan fingerprint density at radius 1 is 1.16 bits per heavy atom. The number of aliphatic carboxylic acids is 1. The van der Waals surface area contributed by atoms with Crippen molar-refractivity contribution in [1.29, 1.82) is 0 Å². The van der Waals surface area contributed by atoms with Crippen molar-refractivity contribution in [3.8, 4) is 17.2 Å². The van der Waals surface area contributed by atoms with Crippen LogP contribution in [0.3, 0.4) is 0 Å². The van der Waals surface area contributed by atoms with Crippen molar-refractivity contribution in [1.82, 2.24) is 0 Å². The van der Waals surface area contributed by atoms with Crippen LogP contribution < -0.4 is 14.4 Å². The summed E-state index contributed by atoms with van der Waals surface area (Å²) in [5.41, 5.74) is 1.60. The summed E-state index contributed by atoms with van der Waals surface area (Å²) in [6.07, 6.45) is 0.846. The van der Waals surface area contributed by atoms with Crippen molar-refractivity contribution in [3.63, 3.8) is 0 Å². The Balaban J connectivity index is 1.90. The average Bonchev–Trinajstić information content (AvgIpc) is 3.00. The van der Waals surface area contributed by atoms with Crippen molar-refractivity contribution >= 4 is 40.6 Å². The van der Waals surface area contributed by atoms with E-state index < -0.39 is 23.2 Å². The van der Waals surface area contributed by atoms with Crippen LogP contribution in [0.5, 0.6) is 17.2 Å². The van der Waals surface area contributed by atoms with Crippen LogP contribution in [-0.4, -0.2) is 40.0 Å². The van der Waals surface area contributed by atoms with Crippen LogP contribution in [0, 0.1) is 6.92 Å². The highest BCUT2D eigenvalue weighted by molar-refractivity contribution is 8.19. The number of hydrogen-bond acceptors (Lipinski definition) is 7. The minimum Gasteiger partial charge on any atom is -0.508 e. The third-order valence-electron chi connectivity index (χ3n) is 4.70. The Morgan fingerprint density at radius 2 is 1.91 bits per heavy atom. The van der Waals surface area contributed by atoms with Crippen molar-refractivity contribution in [2.24, 2.45) is 0 Å². The van der Waals surface area contributed by atoms with E-state index in [-0.39, 0.29) is 22.8 Å². The lowest BCUT2D eigenvalue weighted by atomic mass is 10.1. The molecule has 2 amide bonds. The molecule has 1 atom stereocenters. The zero-order chi connectivity index (χ0) is 23.4. The highest BCUT2D eigenvalue weighted by Crippen LogP contribution is 2.38. The van der Waals surface area contributed by atoms with Gasteiger partial charge in [0.25, 0.3) is 11.1 Å². The Hall–Kier alpha value is -3.46. The van der Waals surface area contributed by atoms with Gasteiger partial charge in [-0.1, -0.05) is 13.0 Å². The number of amides is 2. The first-order chi connectivity index (χ1) is 15.2. The molecule has 2 aromatic carbocycles. The van der Waals surface area contributed by atoms with Gasteiger partial charge in [-0.25, -0.2) is 9.69 Å². The molecular formula is C23H23NO7S. The Morgan fingerprint density at radius 3 is 2.53 bits per heavy atom. The van der Waals surface area contributed by atoms with Gasteiger partial charge in [-0.3, -0.25) is 9.59 Å². The van der Waals surface area contributed by atoms with Crippen molar-refractivity contribution in [3.05, 3.63) is 52.4 Å². The smallest absolute Gasteiger partial charge is 0.344 e. The third kappa shape index (κ3) is 4.88. The van der Waals surface area contributed by atoms with Crippen molar-refractivity contribution < 1.29 is 34.1 Å². The number of carboxylic acid groups (broad SMARTS) is 1. The van der Waals surface area contributed by atoms with Gasteiger partial charge in [0.05, 0.1) is 17.2 Å². The maximum Gasteiger partial charge on any atom is 0.344 e. The monoisotopic (exact) mass is 457 g/mol. The fraction of sp³-hybridized carbons (Fsp3) is 0.261. The molecule has 0 bridgehead atoms. The zero-order valence-corrected chi connectivity index (χ0v) is 18.6. The van der Waals surface area contributed by atoms with Crippen LogP contribution in [0.2, 0.25) is 0 Å². The number of hydrogen-bond donors (Lipinski definition) is 2. The topological polar surface area (TPSA) is 113 Å². The third-order valence-corrected chi connectivity index (χ3v) is 5.57. The van der Waals surface area contributed by atoms with Crippen LogP contribution >= 0.6 is 11.8 Å². The van der Waals surface area contributed by atoms with Crippen molar-refractivity contribution in [2.75, 3.05) is 11.5 Å². The maximum atomic E-state index is 12.9. The molecule has 1 aliphatic rings. The number of imide groups is 1. The molecule has 1 aliphatic heterocycles. The van der Waals surface area contributed by atoms with E-state index in [9.17, 15) is 24.6 Å². The lowest BCUT2D eigenvalue weighted by molar-refractivity contribution is -0.145. The molecule has 1 saturated heterocycles. The van der Waals surface area contributed by atoms with Crippen LogP contribution in [0.1, 0.15) is 31.4 Å². The van der Waals surface area contributed by atoms with Crippen LogP contribution in [0.25, 0.3) is 6.08 Å². The molecule has 0 saturated carbocycles. The molecule has 2 aromatic rings. The number of carboxylic acids is 1. The van der Waals surface area contributed by atoms with Gasteiger partial charge in [0.2, 0.25) is 0 Å². The number of aryl methyl sites for hydroxylation is 1. The number of phenolic OH excluding ortho intramolecular Hbond substituents is 1. The summed E-state index contributed by atoms with van der Waals surface area (Å²) in [6, 6.07) is 9.30. The standard InChI is InChI=1S/C23H23NO7S/c1-4-17(22(27)28)31-18-9-6-14(11-19(18)30-5-2)12-20-21(26)24(23(29)32-20)16-8-7-15(25)10-13(16)3/h6-12,17,25H,4-5H2,1-3H3,(H,27,28)/b20-12+. The van der Waals surface area contributed by atoms with Gasteiger partial charge in [0, 0.05) is 0 Å². The van der Waals surface area contributed by atoms with Gasteiger partial charge >= 0.3 is 5.97 Å². The highest BCUT2D eigenvalue weighted by Gasteiger charge is 2.37. The minimum atomic E-state index is -1.07. The number of benzene rings is 2. The molecule has 1 heterocycles. The zero-order valence-electron chi connectivity index (χ0n) is 17.8. The van der Waals surface area contributed by atoms with E-state index in [1.165, 1.54) is 18.2 Å². The number of phenols is 1. The molecule has 1 fully saturated rings. The molecule has 2 N–H and O–H groups in total. The van der Waals surface area contributed by atoms with E-state index in [0.29, 0.717) is 29.2 Å². The molecule has 1 unspecified atom stereocenters. The van der Waals surface area contributed by atoms with Crippen molar-refractivity contribution in [2.45, 2.75) is 33.3 Å². The van der Waals surface area contributed by atoms with Gasteiger partial charge in [-0.05, 0) is 79.6 Å². The molecule has 9 heteroatoms. The van der Waals surface area contributed by atoms with Gasteiger partial charge in [0.15, 0.2) is 17.6 Å². The summed E-state index contributed by atoms with van der Waals surface area (Å²) in [7, 11) is 0. The number of carbonyl (C=O) groups is 3. The van der Waals surface area contributed by atoms with E-state index in [4.69, 9.17) is 9.47 Å². The lowest BCUT2D eigenvalue weighted by Gasteiger charge is -2.17. The normalized spacial score (nSPS) is 15.8. The largest absolute Gasteiger partial charge is 0.508 e. The Kier molecular flexibility index (Phi) is 7.09. The second-order valence-electron chi connectivity index (χ2n) is 6.98. The van der Waals surface area contributed by atoms with Gasteiger partial charge < -0.3 is 19.7 Å². The van der Waals surface area contributed by atoms with E-state index >= 15 is 0 Å². The summed E-state index contributed by atoms with van der Waals surface area (Å²) in [6.45, 7) is 5.53. The molecule has 0 radical (unpaired) electrons. The lowest BCUT2D eigenvalue weighted by Crippen LogP contribution is -2.28. The van der Waals surface area contributed by atoms with Crippen LogP contribution in [0.15, 0.2) is 41.3 Å². The molecular weight excluding hydrogens is 434 g/mol. The second-order valence-corrected chi connectivity index (χ2v) is 7.97. The van der Waals surface area contributed by atoms with Crippen LogP contribution in [-0.2, 0) is 9.59 Å². The van der Waals surface area contributed by atoms with E-state index in [1.54, 1.807) is 45.0 Å². The Labute approximate surface area is 189 Å². The predicted molar refractivity (Wildman–Crippen MR) is 121 cm³/mol. The summed E-state index contributed by atoms with van der Waals surface area (Å²) in [5, 5.41) is 18.4. The number of ether oxygens (including phenoxy) is 2. The molecule has 0 aliphatic carbocycles. The Bertz CT molecular complexity index is 1100. The predicted octanol–water partition coefficient (Wildman–Crippen LogP) is 4.58. The quantitative estimate of drug-likeness (QED) is 0.554. The van der Waals surface area contributed by atoms with E-state index in [1.807, 2.05) is 0 Å². The van der Waals surface area contributed by atoms with Gasteiger partial charge in [-0.2, -0.15) is 0 Å². The maximum absolute atomic E-state index is 12.9. The first kappa shape index (κ1) is 23.2. The highest BCUT2D eigenvalue weighted by atomic mass is 32.2. The summed E-state index contributed by atoms with van der Waals surface area (Å²) < 4.78 is 11.2. The first-order valence-corrected chi connectivity index (χ1v) is 10.8. The SMILES string of the molecule is CCOc1cc(/C=C2/SC(=O)N(c3ccc(O)cc3C)C2=O)ccc1OC(CC)C(=O)O. The number of anilines is 1. The molecule has 168 valence electrons. The van der Waals surface area contributed by atoms with Crippen LogP contribution in [0.4, 0.5) is 10.5 Å². The number of aromatic hydroxyl groups is 1. The molecule has 0 aromatic heterocycles. The second kappa shape index (κ2) is 9.78. The summed E-state index contributed by atoms with van der Waals surface area (Å²) >= 11 is 0.812. The minimum absolute atomic E-state index is 0.0488. The average molecular weight is 458 g/mol. The number of rotatable bonds is 8. The number of nitrogens with zero attached hydrogens (tertiary/aromatic N) is 1. The number of carbonyl (C=O) groups excluding carboxylic acids is 2. The van der Waals surface area contributed by atoms with E-state index in [2.05, 4.69) is 0 Å². The molecule has 0 spiro atoms. The van der Waals surface area contributed by atoms with E-state index in [0.717, 1.165) is 16.7 Å². The first-order valence-electron chi connectivity index (χ1n) is 9.99.